The van der Waals surface area contributed by atoms with Gasteiger partial charge in [0, 0.05) is 5.69 Å². The predicted octanol–water partition coefficient (Wildman–Crippen LogP) is 5.80. The van der Waals surface area contributed by atoms with Crippen molar-refractivity contribution in [3.8, 4) is 11.5 Å². The maximum Gasteiger partial charge on any atom is 0.335 e. The summed E-state index contributed by atoms with van der Waals surface area (Å²) in [7, 11) is 0. The first kappa shape index (κ1) is 22.6. The first-order chi connectivity index (χ1) is 16.6. The van der Waals surface area contributed by atoms with E-state index in [1.807, 2.05) is 60.7 Å². The van der Waals surface area contributed by atoms with Crippen molar-refractivity contribution >= 4 is 17.6 Å². The molecule has 4 aromatic carbocycles. The van der Waals surface area contributed by atoms with E-state index in [0.29, 0.717) is 17.2 Å². The number of carbonyl (C=O) groups excluding carboxylic acids is 1. The van der Waals surface area contributed by atoms with Gasteiger partial charge in [-0.3, -0.25) is 4.79 Å². The van der Waals surface area contributed by atoms with Crippen LogP contribution in [-0.4, -0.2) is 17.0 Å². The summed E-state index contributed by atoms with van der Waals surface area (Å²) in [6, 6.07) is 30.5. The van der Waals surface area contributed by atoms with Crippen molar-refractivity contribution in [2.75, 3.05) is 5.32 Å². The van der Waals surface area contributed by atoms with Gasteiger partial charge in [0.1, 0.15) is 30.3 Å². The van der Waals surface area contributed by atoms with Crippen LogP contribution in [0.2, 0.25) is 0 Å². The summed E-state index contributed by atoms with van der Waals surface area (Å²) in [6.45, 7) is 0.577. The smallest absolute Gasteiger partial charge is 0.335 e. The lowest BCUT2D eigenvalue weighted by molar-refractivity contribution is 0.0696. The fourth-order valence-corrected chi connectivity index (χ4v) is 3.34. The highest BCUT2D eigenvalue weighted by atomic mass is 16.5. The van der Waals surface area contributed by atoms with Crippen LogP contribution in [0.15, 0.2) is 103 Å². The van der Waals surface area contributed by atoms with Crippen LogP contribution in [0.3, 0.4) is 0 Å². The zero-order valence-electron chi connectivity index (χ0n) is 18.3. The number of rotatable bonds is 9. The Morgan fingerprint density at radius 2 is 1.15 bits per heavy atom. The first-order valence-corrected chi connectivity index (χ1v) is 10.7. The average Bonchev–Trinajstić information content (AvgIpc) is 2.87. The van der Waals surface area contributed by atoms with Crippen molar-refractivity contribution in [2.45, 2.75) is 13.2 Å². The third-order valence-electron chi connectivity index (χ3n) is 5.08. The number of hydrogen-bond acceptors (Lipinski definition) is 4. The lowest BCUT2D eigenvalue weighted by Gasteiger charge is -2.16. The van der Waals surface area contributed by atoms with Gasteiger partial charge < -0.3 is 19.9 Å². The quantitative estimate of drug-likeness (QED) is 0.335. The molecule has 170 valence electrons. The third-order valence-corrected chi connectivity index (χ3v) is 5.08. The third kappa shape index (κ3) is 5.81. The topological polar surface area (TPSA) is 84.9 Å². The van der Waals surface area contributed by atoms with Crippen LogP contribution >= 0.6 is 0 Å². The van der Waals surface area contributed by atoms with E-state index in [2.05, 4.69) is 5.32 Å². The van der Waals surface area contributed by atoms with Gasteiger partial charge in [-0.25, -0.2) is 4.79 Å². The van der Waals surface area contributed by atoms with Gasteiger partial charge >= 0.3 is 5.97 Å². The Balaban J connectivity index is 1.60. The maximum absolute atomic E-state index is 13.3. The highest BCUT2D eigenvalue weighted by Gasteiger charge is 2.20. The molecule has 1 amide bonds. The second-order valence-electron chi connectivity index (χ2n) is 7.51. The molecule has 0 aromatic heterocycles. The molecule has 6 nitrogen and oxygen atoms in total. The van der Waals surface area contributed by atoms with E-state index in [4.69, 9.17) is 14.6 Å². The van der Waals surface area contributed by atoms with E-state index in [0.717, 1.165) is 11.1 Å². The fourth-order valence-electron chi connectivity index (χ4n) is 3.34. The fraction of sp³-hybridized carbons (Fsp3) is 0.0714. The molecular weight excluding hydrogens is 430 g/mol. The molecule has 0 radical (unpaired) electrons. The monoisotopic (exact) mass is 453 g/mol. The van der Waals surface area contributed by atoms with Crippen LogP contribution in [0.5, 0.6) is 11.5 Å². The van der Waals surface area contributed by atoms with Crippen LogP contribution in [0.1, 0.15) is 31.8 Å². The second kappa shape index (κ2) is 10.8. The van der Waals surface area contributed by atoms with Crippen LogP contribution < -0.4 is 14.8 Å². The van der Waals surface area contributed by atoms with Gasteiger partial charge in [-0.15, -0.1) is 0 Å². The minimum atomic E-state index is -1.03. The Morgan fingerprint density at radius 3 is 1.62 bits per heavy atom. The number of carboxylic acid groups (broad SMARTS) is 1. The zero-order valence-corrected chi connectivity index (χ0v) is 18.3. The largest absolute Gasteiger partial charge is 0.488 e. The van der Waals surface area contributed by atoms with Crippen molar-refractivity contribution in [1.29, 1.82) is 0 Å². The summed E-state index contributed by atoms with van der Waals surface area (Å²) in [5, 5.41) is 11.9. The van der Waals surface area contributed by atoms with Gasteiger partial charge in [0.05, 0.1) is 5.56 Å². The molecule has 0 fully saturated rings. The molecule has 0 spiro atoms. The minimum Gasteiger partial charge on any atom is -0.488 e. The number of hydrogen-bond donors (Lipinski definition) is 2. The van der Waals surface area contributed by atoms with E-state index in [1.54, 1.807) is 30.3 Å². The van der Waals surface area contributed by atoms with E-state index >= 15 is 0 Å². The molecular formula is C28H23NO5. The predicted molar refractivity (Wildman–Crippen MR) is 129 cm³/mol. The summed E-state index contributed by atoms with van der Waals surface area (Å²) < 4.78 is 12.0. The van der Waals surface area contributed by atoms with Crippen molar-refractivity contribution in [1.82, 2.24) is 0 Å². The highest BCUT2D eigenvalue weighted by Crippen LogP contribution is 2.31. The average molecular weight is 453 g/mol. The van der Waals surface area contributed by atoms with Gasteiger partial charge in [-0.05, 0) is 47.5 Å². The van der Waals surface area contributed by atoms with Crippen molar-refractivity contribution in [2.24, 2.45) is 0 Å². The molecule has 4 aromatic rings. The minimum absolute atomic E-state index is 0.136. The molecule has 0 bridgehead atoms. The van der Waals surface area contributed by atoms with Gasteiger partial charge in [0.25, 0.3) is 5.91 Å². The Bertz CT molecular complexity index is 1190. The highest BCUT2D eigenvalue weighted by molar-refractivity contribution is 6.08. The molecule has 0 unspecified atom stereocenters. The van der Waals surface area contributed by atoms with E-state index in [-0.39, 0.29) is 24.3 Å². The van der Waals surface area contributed by atoms with Crippen LogP contribution in [0, 0.1) is 0 Å². The molecule has 0 aliphatic carbocycles. The molecule has 0 saturated heterocycles. The maximum atomic E-state index is 13.3. The number of anilines is 1. The number of benzene rings is 4. The van der Waals surface area contributed by atoms with E-state index < -0.39 is 11.9 Å². The number of carbonyl (C=O) groups is 2. The van der Waals surface area contributed by atoms with Crippen LogP contribution in [0.25, 0.3) is 0 Å². The van der Waals surface area contributed by atoms with Crippen molar-refractivity contribution < 1.29 is 24.2 Å². The molecule has 6 heteroatoms. The van der Waals surface area contributed by atoms with Gasteiger partial charge in [-0.1, -0.05) is 66.7 Å². The SMILES string of the molecule is O=C(O)c1ccc(NC(=O)c2c(OCc3ccccc3)cccc2OCc2ccccc2)cc1. The van der Waals surface area contributed by atoms with Gasteiger partial charge in [0.15, 0.2) is 0 Å². The normalized spacial score (nSPS) is 10.4. The number of carboxylic acids is 1. The lowest BCUT2D eigenvalue weighted by atomic mass is 10.1. The Morgan fingerprint density at radius 1 is 0.647 bits per heavy atom. The summed E-state index contributed by atoms with van der Waals surface area (Å²) in [5.41, 5.74) is 2.79. The molecule has 34 heavy (non-hydrogen) atoms. The standard InChI is InChI=1S/C28H23NO5/c30-27(29-23-16-14-22(15-17-23)28(31)32)26-24(33-18-20-8-3-1-4-9-20)12-7-13-25(26)34-19-21-10-5-2-6-11-21/h1-17H,18-19H2,(H,29,30)(H,31,32). The first-order valence-electron chi connectivity index (χ1n) is 10.7. The van der Waals surface area contributed by atoms with E-state index in [1.165, 1.54) is 12.1 Å². The molecule has 0 aliphatic heterocycles. The summed E-state index contributed by atoms with van der Waals surface area (Å²) in [5.74, 6) is -0.688. The molecule has 0 saturated carbocycles. The summed E-state index contributed by atoms with van der Waals surface area (Å²) in [6.07, 6.45) is 0. The van der Waals surface area contributed by atoms with Crippen LogP contribution in [-0.2, 0) is 13.2 Å². The number of nitrogens with one attached hydrogen (secondary N) is 1. The summed E-state index contributed by atoms with van der Waals surface area (Å²) in [4.78, 5) is 24.4. The molecule has 2 N–H and O–H groups in total. The molecule has 0 atom stereocenters. The Hall–Kier alpha value is -4.58. The van der Waals surface area contributed by atoms with Gasteiger partial charge in [0.2, 0.25) is 0 Å². The number of amides is 1. The molecule has 0 aliphatic rings. The lowest BCUT2D eigenvalue weighted by Crippen LogP contribution is -2.16. The Kier molecular flexibility index (Phi) is 7.20. The molecule has 4 rings (SSSR count). The second-order valence-corrected chi connectivity index (χ2v) is 7.51. The van der Waals surface area contributed by atoms with Crippen molar-refractivity contribution in [3.05, 3.63) is 125 Å². The van der Waals surface area contributed by atoms with Crippen LogP contribution in [0.4, 0.5) is 5.69 Å². The number of aromatic carboxylic acids is 1. The zero-order chi connectivity index (χ0) is 23.8. The van der Waals surface area contributed by atoms with Gasteiger partial charge in [-0.2, -0.15) is 0 Å². The van der Waals surface area contributed by atoms with Crippen molar-refractivity contribution in [3.63, 3.8) is 0 Å². The Labute approximate surface area is 197 Å². The summed E-state index contributed by atoms with van der Waals surface area (Å²) >= 11 is 0. The van der Waals surface area contributed by atoms with E-state index in [9.17, 15) is 9.59 Å². The molecule has 0 heterocycles. The number of ether oxygens (including phenoxy) is 2.